The second kappa shape index (κ2) is 5.49. The minimum absolute atomic E-state index is 0.416. The summed E-state index contributed by atoms with van der Waals surface area (Å²) < 4.78 is 0. The maximum Gasteiger partial charge on any atom is 0.162 e. The summed E-state index contributed by atoms with van der Waals surface area (Å²) in [5, 5.41) is 4.74. The third kappa shape index (κ3) is 2.55. The molecule has 2 aliphatic carbocycles. The summed E-state index contributed by atoms with van der Waals surface area (Å²) in [5.74, 6) is 1.67. The Bertz CT molecular complexity index is 910. The summed E-state index contributed by atoms with van der Waals surface area (Å²) in [4.78, 5) is 13.6. The zero-order chi connectivity index (χ0) is 16.9. The van der Waals surface area contributed by atoms with E-state index in [1.165, 1.54) is 25.7 Å². The van der Waals surface area contributed by atoms with Gasteiger partial charge < -0.3 is 11.1 Å². The molecule has 1 aromatic carbocycles. The number of rotatable bonds is 3. The number of hydrogen-bond donors (Lipinski definition) is 2. The monoisotopic (exact) mass is 331 g/mol. The van der Waals surface area contributed by atoms with Crippen LogP contribution in [0.5, 0.6) is 0 Å². The summed E-state index contributed by atoms with van der Waals surface area (Å²) in [6.07, 6.45) is 8.30. The lowest BCUT2D eigenvalue weighted by Crippen LogP contribution is -2.57. The van der Waals surface area contributed by atoms with E-state index in [-0.39, 0.29) is 0 Å². The predicted molar refractivity (Wildman–Crippen MR) is 99.1 cm³/mol. The molecule has 3 N–H and O–H groups in total. The molecule has 2 fully saturated rings. The summed E-state index contributed by atoms with van der Waals surface area (Å²) in [5.41, 5.74) is 8.43. The quantitative estimate of drug-likeness (QED) is 0.769. The van der Waals surface area contributed by atoms with Gasteiger partial charge >= 0.3 is 0 Å². The topological polar surface area (TPSA) is 76.7 Å². The summed E-state index contributed by atoms with van der Waals surface area (Å²) in [7, 11) is 0. The standard InChI is InChI=1S/C20H21N5/c21-14-9-20(10-14)11-15(12-20)23-19-16-3-1-2-4-17(16)24-18(25-19)13-5-7-22-8-6-13/h1-8,14-15H,9-12,21H2,(H,23,24,25). The molecule has 2 heterocycles. The van der Waals surface area contributed by atoms with Gasteiger partial charge in [-0.2, -0.15) is 0 Å². The van der Waals surface area contributed by atoms with Crippen LogP contribution in [0.4, 0.5) is 5.82 Å². The molecule has 5 heteroatoms. The van der Waals surface area contributed by atoms with Gasteiger partial charge in [0.25, 0.3) is 0 Å². The minimum atomic E-state index is 0.416. The Hall–Kier alpha value is -2.53. The second-order valence-electron chi connectivity index (χ2n) is 7.57. The molecule has 0 aliphatic heterocycles. The molecule has 3 aromatic rings. The smallest absolute Gasteiger partial charge is 0.162 e. The fraction of sp³-hybridized carbons (Fsp3) is 0.350. The Morgan fingerprint density at radius 1 is 0.960 bits per heavy atom. The van der Waals surface area contributed by atoms with E-state index in [1.54, 1.807) is 12.4 Å². The van der Waals surface area contributed by atoms with Gasteiger partial charge in [0.1, 0.15) is 5.82 Å². The number of hydrogen-bond acceptors (Lipinski definition) is 5. The van der Waals surface area contributed by atoms with Crippen molar-refractivity contribution in [3.05, 3.63) is 48.8 Å². The number of anilines is 1. The van der Waals surface area contributed by atoms with Gasteiger partial charge in [-0.15, -0.1) is 0 Å². The summed E-state index contributed by atoms with van der Waals surface area (Å²) in [6, 6.07) is 13.0. The summed E-state index contributed by atoms with van der Waals surface area (Å²) >= 11 is 0. The van der Waals surface area contributed by atoms with Crippen LogP contribution in [-0.2, 0) is 0 Å². The molecule has 25 heavy (non-hydrogen) atoms. The highest BCUT2D eigenvalue weighted by Gasteiger charge is 2.51. The van der Waals surface area contributed by atoms with E-state index < -0.39 is 0 Å². The lowest BCUT2D eigenvalue weighted by molar-refractivity contribution is 0.00115. The molecule has 5 rings (SSSR count). The molecule has 1 spiro atoms. The van der Waals surface area contributed by atoms with Crippen LogP contribution in [0, 0.1) is 5.41 Å². The largest absolute Gasteiger partial charge is 0.367 e. The lowest BCUT2D eigenvalue weighted by Gasteiger charge is -2.57. The van der Waals surface area contributed by atoms with Crippen molar-refractivity contribution in [2.45, 2.75) is 37.8 Å². The average Bonchev–Trinajstić information content (AvgIpc) is 2.59. The average molecular weight is 331 g/mol. The number of nitrogens with two attached hydrogens (primary N) is 1. The van der Waals surface area contributed by atoms with Gasteiger partial charge in [0.15, 0.2) is 5.82 Å². The maximum atomic E-state index is 5.97. The van der Waals surface area contributed by atoms with Gasteiger partial charge in [-0.1, -0.05) is 12.1 Å². The first-order valence-corrected chi connectivity index (χ1v) is 8.90. The van der Waals surface area contributed by atoms with Gasteiger partial charge in [-0.3, -0.25) is 4.98 Å². The molecule has 0 unspecified atom stereocenters. The highest BCUT2D eigenvalue weighted by atomic mass is 15.1. The van der Waals surface area contributed by atoms with Gasteiger partial charge in [-0.25, -0.2) is 9.97 Å². The number of fused-ring (bicyclic) bond motifs is 1. The van der Waals surface area contributed by atoms with Crippen LogP contribution < -0.4 is 11.1 Å². The molecule has 2 saturated carbocycles. The summed E-state index contributed by atoms with van der Waals surface area (Å²) in [6.45, 7) is 0. The lowest BCUT2D eigenvalue weighted by atomic mass is 9.52. The Morgan fingerprint density at radius 2 is 1.72 bits per heavy atom. The number of para-hydroxylation sites is 1. The van der Waals surface area contributed by atoms with Crippen molar-refractivity contribution in [2.75, 3.05) is 5.32 Å². The van der Waals surface area contributed by atoms with Crippen LogP contribution in [0.25, 0.3) is 22.3 Å². The highest BCUT2D eigenvalue weighted by Crippen LogP contribution is 2.56. The van der Waals surface area contributed by atoms with Crippen molar-refractivity contribution in [3.63, 3.8) is 0 Å². The van der Waals surface area contributed by atoms with E-state index in [4.69, 9.17) is 15.7 Å². The zero-order valence-corrected chi connectivity index (χ0v) is 14.0. The third-order valence-electron chi connectivity index (χ3n) is 5.63. The fourth-order valence-electron chi connectivity index (χ4n) is 4.48. The van der Waals surface area contributed by atoms with Crippen molar-refractivity contribution in [1.82, 2.24) is 15.0 Å². The van der Waals surface area contributed by atoms with E-state index in [0.29, 0.717) is 17.5 Å². The molecule has 2 aromatic heterocycles. The molecule has 0 radical (unpaired) electrons. The van der Waals surface area contributed by atoms with Gasteiger partial charge in [0, 0.05) is 35.4 Å². The number of nitrogens with one attached hydrogen (secondary N) is 1. The zero-order valence-electron chi connectivity index (χ0n) is 14.0. The second-order valence-corrected chi connectivity index (χ2v) is 7.57. The number of aromatic nitrogens is 3. The Kier molecular flexibility index (Phi) is 3.25. The number of pyridine rings is 1. The molecular weight excluding hydrogens is 310 g/mol. The normalized spacial score (nSPS) is 27.7. The minimum Gasteiger partial charge on any atom is -0.367 e. The SMILES string of the molecule is NC1CC2(C1)CC(Nc1nc(-c3ccncc3)nc3ccccc13)C2. The number of nitrogens with zero attached hydrogens (tertiary/aromatic N) is 3. The first kappa shape index (κ1) is 14.8. The first-order chi connectivity index (χ1) is 12.2. The highest BCUT2D eigenvalue weighted by molar-refractivity contribution is 5.90. The van der Waals surface area contributed by atoms with E-state index in [2.05, 4.69) is 16.4 Å². The van der Waals surface area contributed by atoms with Crippen LogP contribution in [0.2, 0.25) is 0 Å². The van der Waals surface area contributed by atoms with Crippen LogP contribution >= 0.6 is 0 Å². The third-order valence-corrected chi connectivity index (χ3v) is 5.63. The van der Waals surface area contributed by atoms with E-state index in [9.17, 15) is 0 Å². The van der Waals surface area contributed by atoms with E-state index in [1.807, 2.05) is 30.3 Å². The fourth-order valence-corrected chi connectivity index (χ4v) is 4.48. The Labute approximate surface area is 146 Å². The molecule has 0 amide bonds. The van der Waals surface area contributed by atoms with Crippen molar-refractivity contribution in [3.8, 4) is 11.4 Å². The van der Waals surface area contributed by atoms with Crippen molar-refractivity contribution < 1.29 is 0 Å². The van der Waals surface area contributed by atoms with Crippen molar-refractivity contribution >= 4 is 16.7 Å². The van der Waals surface area contributed by atoms with Crippen LogP contribution in [0.3, 0.4) is 0 Å². The van der Waals surface area contributed by atoms with Gasteiger partial charge in [-0.05, 0) is 55.4 Å². The van der Waals surface area contributed by atoms with Crippen LogP contribution in [0.15, 0.2) is 48.8 Å². The first-order valence-electron chi connectivity index (χ1n) is 8.90. The van der Waals surface area contributed by atoms with E-state index >= 15 is 0 Å². The Morgan fingerprint density at radius 3 is 2.48 bits per heavy atom. The van der Waals surface area contributed by atoms with Crippen molar-refractivity contribution in [2.24, 2.45) is 11.1 Å². The molecule has 5 nitrogen and oxygen atoms in total. The predicted octanol–water partition coefficient (Wildman–Crippen LogP) is 3.37. The van der Waals surface area contributed by atoms with Crippen LogP contribution in [0.1, 0.15) is 25.7 Å². The molecular formula is C20H21N5. The van der Waals surface area contributed by atoms with E-state index in [0.717, 1.165) is 28.1 Å². The van der Waals surface area contributed by atoms with Crippen LogP contribution in [-0.4, -0.2) is 27.0 Å². The van der Waals surface area contributed by atoms with Crippen molar-refractivity contribution in [1.29, 1.82) is 0 Å². The van der Waals surface area contributed by atoms with Gasteiger partial charge in [0.05, 0.1) is 5.52 Å². The van der Waals surface area contributed by atoms with Gasteiger partial charge in [0.2, 0.25) is 0 Å². The molecule has 0 bridgehead atoms. The molecule has 2 aliphatic rings. The molecule has 0 saturated heterocycles. The molecule has 126 valence electrons. The number of benzene rings is 1. The Balaban J connectivity index is 1.47. The molecule has 0 atom stereocenters. The maximum absolute atomic E-state index is 5.97.